The van der Waals surface area contributed by atoms with Gasteiger partial charge >= 0.3 is 0 Å². The Hall–Kier alpha value is -2.31. The second kappa shape index (κ2) is 8.37. The summed E-state index contributed by atoms with van der Waals surface area (Å²) >= 11 is 6.47. The van der Waals surface area contributed by atoms with Crippen LogP contribution in [0.2, 0.25) is 5.02 Å². The maximum atomic E-state index is 13.2. The van der Waals surface area contributed by atoms with Gasteiger partial charge in [-0.25, -0.2) is 0 Å². The molecule has 2 heterocycles. The zero-order valence-electron chi connectivity index (χ0n) is 16.8. The minimum atomic E-state index is -0.163. The molecule has 0 fully saturated rings. The molecular weight excluding hydrogens is 378 g/mol. The van der Waals surface area contributed by atoms with Crippen LogP contribution < -0.4 is 10.3 Å². The van der Waals surface area contributed by atoms with Gasteiger partial charge in [0.25, 0.3) is 11.5 Å². The Kier molecular flexibility index (Phi) is 6.10. The van der Waals surface area contributed by atoms with Gasteiger partial charge in [-0.3, -0.25) is 9.59 Å². The van der Waals surface area contributed by atoms with Crippen LogP contribution in [0.25, 0.3) is 0 Å². The van der Waals surface area contributed by atoms with Gasteiger partial charge in [0.1, 0.15) is 5.75 Å². The molecule has 0 radical (unpaired) electrons. The molecule has 0 saturated carbocycles. The predicted octanol–water partition coefficient (Wildman–Crippen LogP) is 3.00. The van der Waals surface area contributed by atoms with Crippen LogP contribution in [0.15, 0.2) is 23.0 Å². The maximum absolute atomic E-state index is 13.2. The number of amides is 1. The van der Waals surface area contributed by atoms with Gasteiger partial charge in [-0.1, -0.05) is 17.7 Å². The number of halogens is 1. The molecule has 0 bridgehead atoms. The van der Waals surface area contributed by atoms with E-state index < -0.39 is 0 Å². The normalized spacial score (nSPS) is 13.8. The van der Waals surface area contributed by atoms with Crippen molar-refractivity contribution in [2.45, 2.75) is 33.4 Å². The van der Waals surface area contributed by atoms with E-state index in [1.807, 2.05) is 51.0 Å². The highest BCUT2D eigenvalue weighted by Gasteiger charge is 2.29. The van der Waals surface area contributed by atoms with Gasteiger partial charge in [0.2, 0.25) is 0 Å². The van der Waals surface area contributed by atoms with Crippen LogP contribution in [-0.4, -0.2) is 47.9 Å². The summed E-state index contributed by atoms with van der Waals surface area (Å²) in [5, 5.41) is 0.348. The molecule has 0 unspecified atom stereocenters. The zero-order valence-corrected chi connectivity index (χ0v) is 17.5. The van der Waals surface area contributed by atoms with Crippen molar-refractivity contribution >= 4 is 17.5 Å². The van der Waals surface area contributed by atoms with Gasteiger partial charge < -0.3 is 19.5 Å². The molecular formula is C21H26ClN3O3. The van der Waals surface area contributed by atoms with Gasteiger partial charge in [0.05, 0.1) is 23.7 Å². The smallest absolute Gasteiger partial charge is 0.256 e. The summed E-state index contributed by atoms with van der Waals surface area (Å²) in [4.78, 5) is 32.4. The lowest BCUT2D eigenvalue weighted by molar-refractivity contribution is 0.0725. The standard InChI is InChI=1S/C21H26ClN3O3/c1-5-28-17-7-6-14-8-9-25(21(27)18(14)19(17)22)12-16-15(11-24(3)4)10-13(2)23-20(16)26/h6-7,10H,5,8-9,11-12H2,1-4H3,(H,23,26). The first-order chi connectivity index (χ1) is 13.3. The molecule has 7 heteroatoms. The van der Waals surface area contributed by atoms with Crippen LogP contribution in [0.3, 0.4) is 0 Å². The minimum Gasteiger partial charge on any atom is -0.492 e. The summed E-state index contributed by atoms with van der Waals surface area (Å²) in [7, 11) is 3.91. The summed E-state index contributed by atoms with van der Waals surface area (Å²) < 4.78 is 5.54. The molecule has 1 aromatic carbocycles. The van der Waals surface area contributed by atoms with Crippen LogP contribution >= 0.6 is 11.6 Å². The Morgan fingerprint density at radius 2 is 2.04 bits per heavy atom. The average molecular weight is 404 g/mol. The first-order valence-corrected chi connectivity index (χ1v) is 9.79. The number of aryl methyl sites for hydroxylation is 1. The number of aromatic nitrogens is 1. The van der Waals surface area contributed by atoms with Gasteiger partial charge in [0, 0.05) is 24.3 Å². The third-order valence-electron chi connectivity index (χ3n) is 4.84. The van der Waals surface area contributed by atoms with E-state index in [2.05, 4.69) is 4.98 Å². The summed E-state index contributed by atoms with van der Waals surface area (Å²) in [6, 6.07) is 5.68. The van der Waals surface area contributed by atoms with E-state index in [4.69, 9.17) is 16.3 Å². The van der Waals surface area contributed by atoms with E-state index in [0.29, 0.717) is 48.0 Å². The van der Waals surface area contributed by atoms with Crippen molar-refractivity contribution in [1.29, 1.82) is 0 Å². The SMILES string of the molecule is CCOc1ccc2c(c1Cl)C(=O)N(Cc1c(CN(C)C)cc(C)[nH]c1=O)CC2. The molecule has 150 valence electrons. The van der Waals surface area contributed by atoms with Crippen LogP contribution in [0, 0.1) is 6.92 Å². The third kappa shape index (κ3) is 4.08. The second-order valence-electron chi connectivity index (χ2n) is 7.34. The van der Waals surface area contributed by atoms with Gasteiger partial charge in [0.15, 0.2) is 0 Å². The fourth-order valence-electron chi connectivity index (χ4n) is 3.60. The number of nitrogens with zero attached hydrogens (tertiary/aromatic N) is 2. The molecule has 6 nitrogen and oxygen atoms in total. The number of ether oxygens (including phenoxy) is 1. The van der Waals surface area contributed by atoms with Crippen LogP contribution in [0.4, 0.5) is 0 Å². The highest BCUT2D eigenvalue weighted by Crippen LogP contribution is 2.34. The molecule has 28 heavy (non-hydrogen) atoms. The van der Waals surface area contributed by atoms with Crippen molar-refractivity contribution in [3.63, 3.8) is 0 Å². The number of hydrogen-bond donors (Lipinski definition) is 1. The Bertz CT molecular complexity index is 953. The van der Waals surface area contributed by atoms with Crippen molar-refractivity contribution in [3.8, 4) is 5.75 Å². The number of fused-ring (bicyclic) bond motifs is 1. The molecule has 0 atom stereocenters. The number of benzene rings is 1. The largest absolute Gasteiger partial charge is 0.492 e. The van der Waals surface area contributed by atoms with E-state index in [1.54, 1.807) is 4.90 Å². The van der Waals surface area contributed by atoms with Crippen LogP contribution in [0.5, 0.6) is 5.75 Å². The number of pyridine rings is 1. The first-order valence-electron chi connectivity index (χ1n) is 9.41. The minimum absolute atomic E-state index is 0.149. The molecule has 1 N–H and O–H groups in total. The van der Waals surface area contributed by atoms with Crippen molar-refractivity contribution in [2.24, 2.45) is 0 Å². The van der Waals surface area contributed by atoms with Crippen molar-refractivity contribution in [2.75, 3.05) is 27.2 Å². The number of nitrogens with one attached hydrogen (secondary N) is 1. The molecule has 2 aromatic rings. The Labute approximate surface area is 170 Å². The average Bonchev–Trinajstić information content (AvgIpc) is 2.61. The first kappa shape index (κ1) is 20.4. The van der Waals surface area contributed by atoms with Crippen molar-refractivity contribution in [1.82, 2.24) is 14.8 Å². The lowest BCUT2D eigenvalue weighted by atomic mass is 9.97. The molecule has 1 aliphatic heterocycles. The number of carbonyl (C=O) groups excluding carboxylic acids is 1. The van der Waals surface area contributed by atoms with Crippen molar-refractivity contribution in [3.05, 3.63) is 61.5 Å². The molecule has 0 aliphatic carbocycles. The Balaban J connectivity index is 1.95. The van der Waals surface area contributed by atoms with Gasteiger partial charge in [-0.05, 0) is 57.6 Å². The number of aromatic amines is 1. The summed E-state index contributed by atoms with van der Waals surface area (Å²) in [5.41, 5.74) is 3.61. The fraction of sp³-hybridized carbons (Fsp3) is 0.429. The quantitative estimate of drug-likeness (QED) is 0.805. The number of rotatable bonds is 6. The lowest BCUT2D eigenvalue weighted by Crippen LogP contribution is -2.39. The molecule has 0 spiro atoms. The number of H-pyrrole nitrogens is 1. The molecule has 1 amide bonds. The highest BCUT2D eigenvalue weighted by molar-refractivity contribution is 6.35. The molecule has 1 aromatic heterocycles. The van der Waals surface area contributed by atoms with Gasteiger partial charge in [-0.15, -0.1) is 0 Å². The van der Waals surface area contributed by atoms with E-state index >= 15 is 0 Å². The predicted molar refractivity (Wildman–Crippen MR) is 110 cm³/mol. The highest BCUT2D eigenvalue weighted by atomic mass is 35.5. The Morgan fingerprint density at radius 3 is 2.71 bits per heavy atom. The molecule has 1 aliphatic rings. The zero-order chi connectivity index (χ0) is 20.4. The van der Waals surface area contributed by atoms with E-state index in [0.717, 1.165) is 16.8 Å². The van der Waals surface area contributed by atoms with E-state index in [-0.39, 0.29) is 18.0 Å². The number of carbonyl (C=O) groups is 1. The molecule has 0 saturated heterocycles. The van der Waals surface area contributed by atoms with Gasteiger partial charge in [-0.2, -0.15) is 0 Å². The summed E-state index contributed by atoms with van der Waals surface area (Å²) in [6.45, 7) is 5.65. The maximum Gasteiger partial charge on any atom is 0.256 e. The summed E-state index contributed by atoms with van der Waals surface area (Å²) in [6.07, 6.45) is 0.694. The second-order valence-corrected chi connectivity index (χ2v) is 7.72. The van der Waals surface area contributed by atoms with Crippen LogP contribution in [-0.2, 0) is 19.5 Å². The third-order valence-corrected chi connectivity index (χ3v) is 5.22. The fourth-order valence-corrected chi connectivity index (χ4v) is 3.92. The van der Waals surface area contributed by atoms with Crippen molar-refractivity contribution < 1.29 is 9.53 Å². The number of hydrogen-bond acceptors (Lipinski definition) is 4. The topological polar surface area (TPSA) is 65.6 Å². The monoisotopic (exact) mass is 403 g/mol. The lowest BCUT2D eigenvalue weighted by Gasteiger charge is -2.30. The van der Waals surface area contributed by atoms with E-state index in [9.17, 15) is 9.59 Å². The van der Waals surface area contributed by atoms with Crippen LogP contribution in [0.1, 0.15) is 39.7 Å². The summed E-state index contributed by atoms with van der Waals surface area (Å²) in [5.74, 6) is 0.350. The van der Waals surface area contributed by atoms with E-state index in [1.165, 1.54) is 0 Å². The molecule has 3 rings (SSSR count). The Morgan fingerprint density at radius 1 is 1.29 bits per heavy atom.